The van der Waals surface area contributed by atoms with Gasteiger partial charge in [0.05, 0.1) is 5.69 Å². The average Bonchev–Trinajstić information content (AvgIpc) is 2.79. The molecule has 0 aliphatic rings. The number of nitrogens with zero attached hydrogens (tertiary/aromatic N) is 3. The first kappa shape index (κ1) is 10.4. The Labute approximate surface area is 96.3 Å². The first-order valence-electron chi connectivity index (χ1n) is 4.41. The Balaban J connectivity index is 1.98. The molecule has 0 aliphatic carbocycles. The van der Waals surface area contributed by atoms with Crippen molar-refractivity contribution in [3.8, 4) is 0 Å². The van der Waals surface area contributed by atoms with Crippen LogP contribution in [0.3, 0.4) is 0 Å². The summed E-state index contributed by atoms with van der Waals surface area (Å²) in [5, 5.41) is 3.01. The predicted molar refractivity (Wildman–Crippen MR) is 63.3 cm³/mol. The second kappa shape index (κ2) is 5.09. The molecule has 15 heavy (non-hydrogen) atoms. The van der Waals surface area contributed by atoms with Gasteiger partial charge in [0.25, 0.3) is 0 Å². The molecule has 0 saturated heterocycles. The summed E-state index contributed by atoms with van der Waals surface area (Å²) in [6.07, 6.45) is 1.57. The normalized spacial score (nSPS) is 10.2. The van der Waals surface area contributed by atoms with Crippen molar-refractivity contribution >= 4 is 29.1 Å². The highest BCUT2D eigenvalue weighted by atomic mass is 32.2. The summed E-state index contributed by atoms with van der Waals surface area (Å²) in [6, 6.07) is 5.95. The number of pyridine rings is 1. The van der Waals surface area contributed by atoms with Crippen molar-refractivity contribution in [2.24, 2.45) is 0 Å². The number of aromatic nitrogens is 3. The lowest BCUT2D eigenvalue weighted by atomic mass is 10.4. The van der Waals surface area contributed by atoms with Crippen LogP contribution in [0.1, 0.15) is 5.69 Å². The van der Waals surface area contributed by atoms with Crippen molar-refractivity contribution in [2.75, 3.05) is 12.4 Å². The Morgan fingerprint density at radius 3 is 3.13 bits per heavy atom. The maximum absolute atomic E-state index is 4.42. The van der Waals surface area contributed by atoms with Crippen molar-refractivity contribution in [3.63, 3.8) is 0 Å². The largest absolute Gasteiger partial charge is 0.373 e. The topological polar surface area (TPSA) is 50.7 Å². The van der Waals surface area contributed by atoms with Gasteiger partial charge in [0.2, 0.25) is 0 Å². The van der Waals surface area contributed by atoms with Crippen LogP contribution < -0.4 is 5.32 Å². The third-order valence-corrected chi connectivity index (χ3v) is 3.58. The van der Waals surface area contributed by atoms with Gasteiger partial charge in [-0.15, -0.1) is 0 Å². The first-order chi connectivity index (χ1) is 7.38. The molecule has 0 spiro atoms. The van der Waals surface area contributed by atoms with Crippen molar-refractivity contribution in [1.82, 2.24) is 14.3 Å². The van der Waals surface area contributed by atoms with Crippen LogP contribution in [0.15, 0.2) is 28.9 Å². The number of nitrogens with one attached hydrogen (secondary N) is 1. The zero-order chi connectivity index (χ0) is 10.5. The second-order valence-corrected chi connectivity index (χ2v) is 4.76. The Morgan fingerprint density at radius 2 is 2.40 bits per heavy atom. The van der Waals surface area contributed by atoms with Gasteiger partial charge < -0.3 is 5.32 Å². The summed E-state index contributed by atoms with van der Waals surface area (Å²) in [5.41, 5.74) is 1.04. The van der Waals surface area contributed by atoms with Crippen LogP contribution in [0.2, 0.25) is 0 Å². The van der Waals surface area contributed by atoms with Gasteiger partial charge in [0.1, 0.15) is 12.1 Å². The summed E-state index contributed by atoms with van der Waals surface area (Å²) in [7, 11) is 1.87. The quantitative estimate of drug-likeness (QED) is 0.828. The monoisotopic (exact) mass is 238 g/mol. The molecule has 2 aromatic heterocycles. The lowest BCUT2D eigenvalue weighted by Gasteiger charge is -2.01. The number of rotatable bonds is 4. The van der Waals surface area contributed by atoms with Gasteiger partial charge in [0.15, 0.2) is 4.34 Å². The molecule has 2 rings (SSSR count). The summed E-state index contributed by atoms with van der Waals surface area (Å²) in [5.74, 6) is 1.72. The van der Waals surface area contributed by atoms with Gasteiger partial charge in [-0.25, -0.2) is 9.97 Å². The highest BCUT2D eigenvalue weighted by molar-refractivity contribution is 8.00. The highest BCUT2D eigenvalue weighted by Gasteiger charge is 2.00. The minimum atomic E-state index is 0.824. The Hall–Kier alpha value is -1.14. The third kappa shape index (κ3) is 2.90. The molecule has 4 nitrogen and oxygen atoms in total. The number of anilines is 1. The molecular formula is C9H10N4S2. The zero-order valence-corrected chi connectivity index (χ0v) is 9.81. The third-order valence-electron chi connectivity index (χ3n) is 1.75. The van der Waals surface area contributed by atoms with Crippen LogP contribution in [0.4, 0.5) is 5.82 Å². The van der Waals surface area contributed by atoms with E-state index in [0.717, 1.165) is 21.6 Å². The number of hydrogen-bond acceptors (Lipinski definition) is 6. The van der Waals surface area contributed by atoms with Crippen LogP contribution in [-0.4, -0.2) is 21.4 Å². The molecule has 0 bridgehead atoms. The maximum atomic E-state index is 4.42. The number of thioether (sulfide) groups is 1. The van der Waals surface area contributed by atoms with E-state index in [2.05, 4.69) is 19.7 Å². The Kier molecular flexibility index (Phi) is 3.52. The van der Waals surface area contributed by atoms with Crippen molar-refractivity contribution in [3.05, 3.63) is 30.2 Å². The molecule has 0 saturated carbocycles. The van der Waals surface area contributed by atoms with E-state index in [4.69, 9.17) is 0 Å². The molecule has 0 aromatic carbocycles. The minimum absolute atomic E-state index is 0.824. The summed E-state index contributed by atoms with van der Waals surface area (Å²) < 4.78 is 4.92. The Morgan fingerprint density at radius 1 is 1.47 bits per heavy atom. The zero-order valence-electron chi connectivity index (χ0n) is 8.17. The molecule has 2 heterocycles. The molecule has 2 aromatic rings. The van der Waals surface area contributed by atoms with E-state index in [1.54, 1.807) is 18.1 Å². The summed E-state index contributed by atoms with van der Waals surface area (Å²) in [4.78, 5) is 8.52. The fourth-order valence-corrected chi connectivity index (χ4v) is 2.41. The molecule has 1 N–H and O–H groups in total. The standard InChI is InChI=1S/C9H10N4S2/c1-10-8-4-2-3-7(13-8)5-14-9-11-6-12-15-9/h2-4,6H,5H2,1H3,(H,10,13). The van der Waals surface area contributed by atoms with Gasteiger partial charge in [-0.3, -0.25) is 0 Å². The van der Waals surface area contributed by atoms with Crippen molar-refractivity contribution in [1.29, 1.82) is 0 Å². The summed E-state index contributed by atoms with van der Waals surface area (Å²) in [6.45, 7) is 0. The molecule has 6 heteroatoms. The van der Waals surface area contributed by atoms with Crippen LogP contribution >= 0.6 is 23.3 Å². The molecule has 78 valence electrons. The molecule has 0 atom stereocenters. The molecule has 0 unspecified atom stereocenters. The van der Waals surface area contributed by atoms with Crippen LogP contribution in [-0.2, 0) is 5.75 Å². The number of hydrogen-bond donors (Lipinski definition) is 1. The molecule has 0 fully saturated rings. The second-order valence-electron chi connectivity index (χ2n) is 2.76. The van der Waals surface area contributed by atoms with E-state index in [-0.39, 0.29) is 0 Å². The van der Waals surface area contributed by atoms with E-state index < -0.39 is 0 Å². The SMILES string of the molecule is CNc1cccc(CSc2ncns2)n1. The van der Waals surface area contributed by atoms with Crippen molar-refractivity contribution < 1.29 is 0 Å². The summed E-state index contributed by atoms with van der Waals surface area (Å²) >= 11 is 3.06. The average molecular weight is 238 g/mol. The van der Waals surface area contributed by atoms with Crippen LogP contribution in [0.25, 0.3) is 0 Å². The van der Waals surface area contributed by atoms with E-state index in [9.17, 15) is 0 Å². The fraction of sp³-hybridized carbons (Fsp3) is 0.222. The van der Waals surface area contributed by atoms with Crippen LogP contribution in [0, 0.1) is 0 Å². The van der Waals surface area contributed by atoms with E-state index >= 15 is 0 Å². The molecule has 0 amide bonds. The van der Waals surface area contributed by atoms with E-state index in [1.165, 1.54) is 11.5 Å². The van der Waals surface area contributed by atoms with Gasteiger partial charge >= 0.3 is 0 Å². The van der Waals surface area contributed by atoms with E-state index in [1.807, 2.05) is 25.2 Å². The first-order valence-corrected chi connectivity index (χ1v) is 6.17. The molecule has 0 radical (unpaired) electrons. The van der Waals surface area contributed by atoms with Crippen LogP contribution in [0.5, 0.6) is 0 Å². The Bertz CT molecular complexity index is 416. The minimum Gasteiger partial charge on any atom is -0.373 e. The predicted octanol–water partition coefficient (Wildman–Crippen LogP) is 2.27. The lowest BCUT2D eigenvalue weighted by Crippen LogP contribution is -1.94. The van der Waals surface area contributed by atoms with Gasteiger partial charge in [-0.05, 0) is 23.7 Å². The smallest absolute Gasteiger partial charge is 0.170 e. The fourth-order valence-electron chi connectivity index (χ4n) is 1.06. The van der Waals surface area contributed by atoms with Crippen molar-refractivity contribution in [2.45, 2.75) is 10.1 Å². The lowest BCUT2D eigenvalue weighted by molar-refractivity contribution is 1.15. The van der Waals surface area contributed by atoms with Gasteiger partial charge in [-0.2, -0.15) is 4.37 Å². The maximum Gasteiger partial charge on any atom is 0.170 e. The van der Waals surface area contributed by atoms with Gasteiger partial charge in [-0.1, -0.05) is 17.8 Å². The highest BCUT2D eigenvalue weighted by Crippen LogP contribution is 2.22. The molecule has 0 aliphatic heterocycles. The van der Waals surface area contributed by atoms with E-state index in [0.29, 0.717) is 0 Å². The van der Waals surface area contributed by atoms with Gasteiger partial charge in [0, 0.05) is 12.8 Å². The molecular weight excluding hydrogens is 228 g/mol.